The van der Waals surface area contributed by atoms with Crippen molar-refractivity contribution in [1.29, 1.82) is 0 Å². The molecule has 0 aromatic heterocycles. The summed E-state index contributed by atoms with van der Waals surface area (Å²) in [6.07, 6.45) is 1.20. The number of benzene rings is 1. The second-order valence-electron chi connectivity index (χ2n) is 6.10. The maximum atomic E-state index is 3.27. The molecule has 0 saturated heterocycles. The Kier molecular flexibility index (Phi) is 4.76. The van der Waals surface area contributed by atoms with E-state index in [1.165, 1.54) is 23.1 Å². The highest BCUT2D eigenvalue weighted by Gasteiger charge is 2.26. The van der Waals surface area contributed by atoms with Gasteiger partial charge in [0.1, 0.15) is 0 Å². The van der Waals surface area contributed by atoms with Crippen LogP contribution in [-0.4, -0.2) is 13.6 Å². The van der Waals surface area contributed by atoms with Gasteiger partial charge >= 0.3 is 0 Å². The smallest absolute Gasteiger partial charge is 0.00459 e. The van der Waals surface area contributed by atoms with Crippen LogP contribution in [0, 0.1) is 19.3 Å². The van der Waals surface area contributed by atoms with Gasteiger partial charge in [0.25, 0.3) is 0 Å². The molecule has 0 spiro atoms. The Balaban J connectivity index is 3.09. The van der Waals surface area contributed by atoms with E-state index in [0.29, 0.717) is 11.3 Å². The standard InChI is InChI=1S/C16H27N/c1-12-8-7-9-14(13(12)2)15(10-11-17-6)16(3,4)5/h7-9,15,17H,10-11H2,1-6H3. The number of hydrogen-bond donors (Lipinski definition) is 1. The highest BCUT2D eigenvalue weighted by molar-refractivity contribution is 5.36. The minimum Gasteiger partial charge on any atom is -0.320 e. The fraction of sp³-hybridized carbons (Fsp3) is 0.625. The molecular weight excluding hydrogens is 206 g/mol. The molecule has 0 radical (unpaired) electrons. The quantitative estimate of drug-likeness (QED) is 0.827. The van der Waals surface area contributed by atoms with Gasteiger partial charge in [-0.15, -0.1) is 0 Å². The second kappa shape index (κ2) is 5.68. The summed E-state index contributed by atoms with van der Waals surface area (Å²) < 4.78 is 0. The van der Waals surface area contributed by atoms with Crippen LogP contribution in [0.4, 0.5) is 0 Å². The van der Waals surface area contributed by atoms with Gasteiger partial charge in [-0.25, -0.2) is 0 Å². The number of nitrogens with one attached hydrogen (secondary N) is 1. The molecule has 1 nitrogen and oxygen atoms in total. The van der Waals surface area contributed by atoms with Crippen molar-refractivity contribution in [3.63, 3.8) is 0 Å². The minimum absolute atomic E-state index is 0.315. The van der Waals surface area contributed by atoms with Crippen LogP contribution in [0.15, 0.2) is 18.2 Å². The topological polar surface area (TPSA) is 12.0 Å². The zero-order valence-corrected chi connectivity index (χ0v) is 12.2. The second-order valence-corrected chi connectivity index (χ2v) is 6.10. The van der Waals surface area contributed by atoms with Crippen molar-refractivity contribution in [1.82, 2.24) is 5.32 Å². The number of hydrogen-bond acceptors (Lipinski definition) is 1. The number of aryl methyl sites for hydroxylation is 1. The summed E-state index contributed by atoms with van der Waals surface area (Å²) in [4.78, 5) is 0. The summed E-state index contributed by atoms with van der Waals surface area (Å²) >= 11 is 0. The van der Waals surface area contributed by atoms with Gasteiger partial charge in [-0.1, -0.05) is 39.0 Å². The Morgan fingerprint density at radius 2 is 1.82 bits per heavy atom. The average molecular weight is 233 g/mol. The van der Waals surface area contributed by atoms with E-state index in [9.17, 15) is 0 Å². The van der Waals surface area contributed by atoms with Gasteiger partial charge in [-0.3, -0.25) is 0 Å². The first kappa shape index (κ1) is 14.2. The van der Waals surface area contributed by atoms with Gasteiger partial charge in [0, 0.05) is 0 Å². The summed E-state index contributed by atoms with van der Waals surface area (Å²) in [5.41, 5.74) is 4.70. The van der Waals surface area contributed by atoms with Gasteiger partial charge in [-0.2, -0.15) is 0 Å². The molecule has 17 heavy (non-hydrogen) atoms. The third-order valence-electron chi connectivity index (χ3n) is 3.75. The van der Waals surface area contributed by atoms with Crippen LogP contribution in [0.1, 0.15) is 49.8 Å². The molecule has 1 heteroatoms. The SMILES string of the molecule is CNCCC(c1cccc(C)c1C)C(C)(C)C. The monoisotopic (exact) mass is 233 g/mol. The van der Waals surface area contributed by atoms with Crippen LogP contribution in [0.5, 0.6) is 0 Å². The van der Waals surface area contributed by atoms with Crippen molar-refractivity contribution >= 4 is 0 Å². The highest BCUT2D eigenvalue weighted by Crippen LogP contribution is 2.39. The Hall–Kier alpha value is -0.820. The molecule has 1 aromatic carbocycles. The summed E-state index contributed by atoms with van der Waals surface area (Å²) in [6.45, 7) is 12.6. The molecule has 1 N–H and O–H groups in total. The zero-order valence-electron chi connectivity index (χ0n) is 12.2. The third-order valence-corrected chi connectivity index (χ3v) is 3.75. The van der Waals surface area contributed by atoms with Gasteiger partial charge in [0.05, 0.1) is 0 Å². The molecule has 0 amide bonds. The summed E-state index contributed by atoms with van der Waals surface area (Å²) in [7, 11) is 2.03. The van der Waals surface area contributed by atoms with Crippen LogP contribution in [0.3, 0.4) is 0 Å². The summed E-state index contributed by atoms with van der Waals surface area (Å²) in [6, 6.07) is 6.69. The minimum atomic E-state index is 0.315. The van der Waals surface area contributed by atoms with E-state index < -0.39 is 0 Å². The van der Waals surface area contributed by atoms with Crippen LogP contribution in [0.2, 0.25) is 0 Å². The van der Waals surface area contributed by atoms with E-state index in [0.717, 1.165) is 6.54 Å². The van der Waals surface area contributed by atoms with Crippen LogP contribution in [-0.2, 0) is 0 Å². The molecule has 0 bridgehead atoms. The third kappa shape index (κ3) is 3.57. The first-order valence-electron chi connectivity index (χ1n) is 6.58. The molecule has 0 aliphatic carbocycles. The van der Waals surface area contributed by atoms with Crippen molar-refractivity contribution in [2.75, 3.05) is 13.6 Å². The summed E-state index contributed by atoms with van der Waals surface area (Å²) in [5.74, 6) is 0.620. The normalized spacial score (nSPS) is 13.8. The Morgan fingerprint density at radius 3 is 2.35 bits per heavy atom. The van der Waals surface area contributed by atoms with Crippen LogP contribution in [0.25, 0.3) is 0 Å². The van der Waals surface area contributed by atoms with Crippen molar-refractivity contribution in [3.8, 4) is 0 Å². The van der Waals surface area contributed by atoms with E-state index in [4.69, 9.17) is 0 Å². The number of rotatable bonds is 4. The van der Waals surface area contributed by atoms with Gasteiger partial charge in [0.15, 0.2) is 0 Å². The van der Waals surface area contributed by atoms with E-state index in [2.05, 4.69) is 58.1 Å². The highest BCUT2D eigenvalue weighted by atomic mass is 14.8. The van der Waals surface area contributed by atoms with Crippen LogP contribution >= 0.6 is 0 Å². The van der Waals surface area contributed by atoms with Gasteiger partial charge < -0.3 is 5.32 Å². The molecular formula is C16H27N. The predicted octanol–water partition coefficient (Wildman–Crippen LogP) is 4.04. The Labute approximate surface area is 107 Å². The molecule has 0 aliphatic heterocycles. The van der Waals surface area contributed by atoms with E-state index in [-0.39, 0.29) is 0 Å². The fourth-order valence-electron chi connectivity index (χ4n) is 2.49. The molecule has 1 atom stereocenters. The van der Waals surface area contributed by atoms with E-state index in [1.807, 2.05) is 7.05 Å². The molecule has 0 saturated carbocycles. The maximum absolute atomic E-state index is 3.27. The van der Waals surface area contributed by atoms with Crippen molar-refractivity contribution < 1.29 is 0 Å². The predicted molar refractivity (Wildman–Crippen MR) is 76.7 cm³/mol. The first-order valence-corrected chi connectivity index (χ1v) is 6.58. The first-order chi connectivity index (χ1) is 7.88. The lowest BCUT2D eigenvalue weighted by Crippen LogP contribution is -2.23. The van der Waals surface area contributed by atoms with Crippen molar-refractivity contribution in [2.24, 2.45) is 5.41 Å². The lowest BCUT2D eigenvalue weighted by atomic mass is 9.73. The maximum Gasteiger partial charge on any atom is -0.00459 e. The molecule has 1 unspecified atom stereocenters. The lowest BCUT2D eigenvalue weighted by molar-refractivity contribution is 0.302. The average Bonchev–Trinajstić information content (AvgIpc) is 2.22. The molecule has 0 fully saturated rings. The van der Waals surface area contributed by atoms with E-state index >= 15 is 0 Å². The molecule has 0 aliphatic rings. The summed E-state index contributed by atoms with van der Waals surface area (Å²) in [5, 5.41) is 3.27. The molecule has 1 aromatic rings. The lowest BCUT2D eigenvalue weighted by Gasteiger charge is -2.33. The largest absolute Gasteiger partial charge is 0.320 e. The molecule has 96 valence electrons. The Morgan fingerprint density at radius 1 is 1.18 bits per heavy atom. The van der Waals surface area contributed by atoms with Crippen LogP contribution < -0.4 is 5.32 Å². The molecule has 1 rings (SSSR count). The van der Waals surface area contributed by atoms with Gasteiger partial charge in [0.2, 0.25) is 0 Å². The fourth-order valence-corrected chi connectivity index (χ4v) is 2.49. The molecule has 0 heterocycles. The van der Waals surface area contributed by atoms with Crippen molar-refractivity contribution in [3.05, 3.63) is 34.9 Å². The Bertz CT molecular complexity index is 360. The van der Waals surface area contributed by atoms with E-state index in [1.54, 1.807) is 0 Å². The zero-order chi connectivity index (χ0) is 13.1. The van der Waals surface area contributed by atoms with Crippen molar-refractivity contribution in [2.45, 2.75) is 47.0 Å². The van der Waals surface area contributed by atoms with Gasteiger partial charge in [-0.05, 0) is 61.9 Å².